The molecule has 0 fully saturated rings. The maximum absolute atomic E-state index is 13.8. The zero-order chi connectivity index (χ0) is 15.6. The molecule has 6 heteroatoms. The lowest BCUT2D eigenvalue weighted by Crippen LogP contribution is -2.41. The summed E-state index contributed by atoms with van der Waals surface area (Å²) in [4.78, 5) is 12.7. The van der Waals surface area contributed by atoms with Crippen LogP contribution in [0, 0.1) is 11.7 Å². The Morgan fingerprint density at radius 2 is 2.19 bits per heavy atom. The summed E-state index contributed by atoms with van der Waals surface area (Å²) in [5, 5.41) is 3.22. The van der Waals surface area contributed by atoms with Crippen LogP contribution in [0.4, 0.5) is 10.1 Å². The Labute approximate surface area is 127 Å². The zero-order valence-electron chi connectivity index (χ0n) is 12.3. The lowest BCUT2D eigenvalue weighted by Gasteiger charge is -2.21. The number of thiophene rings is 1. The van der Waals surface area contributed by atoms with Crippen LogP contribution in [0.3, 0.4) is 0 Å². The summed E-state index contributed by atoms with van der Waals surface area (Å²) in [5.41, 5.74) is 6.14. The van der Waals surface area contributed by atoms with Crippen molar-refractivity contribution < 1.29 is 13.9 Å². The second kappa shape index (κ2) is 6.41. The topological polar surface area (TPSA) is 64.3 Å². The highest BCUT2D eigenvalue weighted by atomic mass is 32.1. The second-order valence-corrected chi connectivity index (χ2v) is 6.29. The molecular formula is C15H19FN2O2S. The Kier molecular flexibility index (Phi) is 4.80. The van der Waals surface area contributed by atoms with Gasteiger partial charge in [0, 0.05) is 11.8 Å². The number of ether oxygens (including phenoxy) is 1. The van der Waals surface area contributed by atoms with Gasteiger partial charge in [0.05, 0.1) is 23.7 Å². The van der Waals surface area contributed by atoms with Crippen molar-refractivity contribution in [3.63, 3.8) is 0 Å². The number of hydrogen-bond acceptors (Lipinski definition) is 4. The molecule has 1 atom stereocenters. The van der Waals surface area contributed by atoms with E-state index in [0.29, 0.717) is 21.6 Å². The normalized spacial score (nSPS) is 12.8. The molecule has 1 amide bonds. The number of anilines is 1. The molecule has 0 radical (unpaired) electrons. The molecule has 3 N–H and O–H groups in total. The van der Waals surface area contributed by atoms with Gasteiger partial charge in [0.15, 0.2) is 0 Å². The largest absolute Gasteiger partial charge is 0.397 e. The summed E-state index contributed by atoms with van der Waals surface area (Å²) in [6, 6.07) is 4.59. The van der Waals surface area contributed by atoms with E-state index in [2.05, 4.69) is 5.32 Å². The summed E-state index contributed by atoms with van der Waals surface area (Å²) in [7, 11) is 1.59. The van der Waals surface area contributed by atoms with Crippen LogP contribution in [0.25, 0.3) is 10.1 Å². The molecule has 1 aromatic carbocycles. The minimum absolute atomic E-state index is 0.114. The number of halogens is 1. The fraction of sp³-hybridized carbons (Fsp3) is 0.400. The highest BCUT2D eigenvalue weighted by Crippen LogP contribution is 2.35. The Hall–Kier alpha value is -1.66. The molecule has 114 valence electrons. The smallest absolute Gasteiger partial charge is 0.263 e. The lowest BCUT2D eigenvalue weighted by molar-refractivity contribution is 0.0871. The number of carbonyl (C=O) groups excluding carboxylic acids is 1. The molecule has 21 heavy (non-hydrogen) atoms. The van der Waals surface area contributed by atoms with Gasteiger partial charge in [-0.25, -0.2) is 4.39 Å². The quantitative estimate of drug-likeness (QED) is 0.892. The van der Waals surface area contributed by atoms with Gasteiger partial charge in [0.25, 0.3) is 5.91 Å². The summed E-state index contributed by atoms with van der Waals surface area (Å²) in [5.74, 6) is -0.470. The van der Waals surface area contributed by atoms with E-state index in [-0.39, 0.29) is 23.6 Å². The molecule has 0 aliphatic rings. The second-order valence-electron chi connectivity index (χ2n) is 5.24. The molecule has 4 nitrogen and oxygen atoms in total. The van der Waals surface area contributed by atoms with Gasteiger partial charge >= 0.3 is 0 Å². The summed E-state index contributed by atoms with van der Waals surface area (Å²) >= 11 is 1.20. The van der Waals surface area contributed by atoms with E-state index in [0.717, 1.165) is 0 Å². The molecular weight excluding hydrogens is 291 g/mol. The molecule has 0 saturated heterocycles. The molecule has 0 aliphatic heterocycles. The Morgan fingerprint density at radius 3 is 2.76 bits per heavy atom. The highest BCUT2D eigenvalue weighted by Gasteiger charge is 2.22. The van der Waals surface area contributed by atoms with Crippen molar-refractivity contribution in [2.75, 3.05) is 19.5 Å². The number of methoxy groups -OCH3 is 1. The SMILES string of the molecule is COCC(NC(=O)c1sc2cccc(F)c2c1N)C(C)C. The average molecular weight is 310 g/mol. The van der Waals surface area contributed by atoms with Crippen molar-refractivity contribution in [2.24, 2.45) is 5.92 Å². The minimum atomic E-state index is -0.405. The van der Waals surface area contributed by atoms with Gasteiger partial charge < -0.3 is 15.8 Å². The monoisotopic (exact) mass is 310 g/mol. The summed E-state index contributed by atoms with van der Waals surface area (Å²) < 4.78 is 19.6. The number of fused-ring (bicyclic) bond motifs is 1. The third kappa shape index (κ3) is 3.16. The number of amides is 1. The predicted octanol–water partition coefficient (Wildman–Crippen LogP) is 3.02. The Bertz CT molecular complexity index is 654. The van der Waals surface area contributed by atoms with Gasteiger partial charge in [-0.05, 0) is 18.1 Å². The molecule has 0 spiro atoms. The number of nitrogen functional groups attached to an aromatic ring is 1. The van der Waals surface area contributed by atoms with E-state index in [1.807, 2.05) is 13.8 Å². The summed E-state index contributed by atoms with van der Waals surface area (Å²) in [6.45, 7) is 4.42. The van der Waals surface area contributed by atoms with E-state index in [1.165, 1.54) is 17.4 Å². The molecule has 2 aromatic rings. The van der Waals surface area contributed by atoms with Crippen LogP contribution in [0.2, 0.25) is 0 Å². The average Bonchev–Trinajstić information content (AvgIpc) is 2.77. The number of hydrogen-bond donors (Lipinski definition) is 2. The maximum Gasteiger partial charge on any atom is 0.263 e. The van der Waals surface area contributed by atoms with E-state index >= 15 is 0 Å². The third-order valence-electron chi connectivity index (χ3n) is 3.38. The van der Waals surface area contributed by atoms with Crippen LogP contribution in [-0.4, -0.2) is 25.7 Å². The molecule has 1 heterocycles. The van der Waals surface area contributed by atoms with Crippen molar-refractivity contribution in [1.82, 2.24) is 5.32 Å². The van der Waals surface area contributed by atoms with E-state index in [9.17, 15) is 9.18 Å². The van der Waals surface area contributed by atoms with E-state index in [4.69, 9.17) is 10.5 Å². The third-order valence-corrected chi connectivity index (χ3v) is 4.54. The van der Waals surface area contributed by atoms with Gasteiger partial charge in [-0.1, -0.05) is 19.9 Å². The van der Waals surface area contributed by atoms with Crippen LogP contribution >= 0.6 is 11.3 Å². The number of carbonyl (C=O) groups is 1. The maximum atomic E-state index is 13.8. The zero-order valence-corrected chi connectivity index (χ0v) is 13.1. The highest BCUT2D eigenvalue weighted by molar-refractivity contribution is 7.21. The van der Waals surface area contributed by atoms with Gasteiger partial charge in [-0.2, -0.15) is 0 Å². The van der Waals surface area contributed by atoms with Crippen LogP contribution < -0.4 is 11.1 Å². The molecule has 2 rings (SSSR count). The Morgan fingerprint density at radius 1 is 1.48 bits per heavy atom. The fourth-order valence-electron chi connectivity index (χ4n) is 2.11. The first kappa shape index (κ1) is 15.7. The number of rotatable bonds is 5. The van der Waals surface area contributed by atoms with Crippen molar-refractivity contribution in [3.8, 4) is 0 Å². The van der Waals surface area contributed by atoms with Crippen molar-refractivity contribution >= 4 is 33.0 Å². The summed E-state index contributed by atoms with van der Waals surface area (Å²) in [6.07, 6.45) is 0. The fourth-order valence-corrected chi connectivity index (χ4v) is 3.15. The first-order valence-corrected chi connectivity index (χ1v) is 7.53. The van der Waals surface area contributed by atoms with Crippen LogP contribution in [0.5, 0.6) is 0 Å². The van der Waals surface area contributed by atoms with E-state index < -0.39 is 5.82 Å². The van der Waals surface area contributed by atoms with Crippen molar-refractivity contribution in [3.05, 3.63) is 28.9 Å². The van der Waals surface area contributed by atoms with E-state index in [1.54, 1.807) is 19.2 Å². The standard InChI is InChI=1S/C15H19FN2O2S/c1-8(2)10(7-20-3)18-15(19)14-13(17)12-9(16)5-4-6-11(12)21-14/h4-6,8,10H,7,17H2,1-3H3,(H,18,19). The van der Waals surface area contributed by atoms with Gasteiger partial charge in [-0.3, -0.25) is 4.79 Å². The molecule has 0 saturated carbocycles. The molecule has 1 unspecified atom stereocenters. The first-order valence-electron chi connectivity index (χ1n) is 6.72. The minimum Gasteiger partial charge on any atom is -0.397 e. The van der Waals surface area contributed by atoms with Gasteiger partial charge in [-0.15, -0.1) is 11.3 Å². The van der Waals surface area contributed by atoms with Gasteiger partial charge in [0.1, 0.15) is 10.7 Å². The number of nitrogens with two attached hydrogens (primary N) is 1. The number of benzene rings is 1. The molecule has 1 aromatic heterocycles. The van der Waals surface area contributed by atoms with Gasteiger partial charge in [0.2, 0.25) is 0 Å². The van der Waals surface area contributed by atoms with Crippen LogP contribution in [-0.2, 0) is 4.74 Å². The Balaban J connectivity index is 2.31. The van der Waals surface area contributed by atoms with Crippen LogP contribution in [0.1, 0.15) is 23.5 Å². The van der Waals surface area contributed by atoms with Crippen LogP contribution in [0.15, 0.2) is 18.2 Å². The van der Waals surface area contributed by atoms with Crippen molar-refractivity contribution in [2.45, 2.75) is 19.9 Å². The first-order chi connectivity index (χ1) is 9.95. The predicted molar refractivity (Wildman–Crippen MR) is 84.2 cm³/mol. The molecule has 0 bridgehead atoms. The number of nitrogens with one attached hydrogen (secondary N) is 1. The van der Waals surface area contributed by atoms with Crippen molar-refractivity contribution in [1.29, 1.82) is 0 Å². The lowest BCUT2D eigenvalue weighted by atomic mass is 10.1. The molecule has 0 aliphatic carbocycles.